The third kappa shape index (κ3) is 3.00. The quantitative estimate of drug-likeness (QED) is 0.811. The summed E-state index contributed by atoms with van der Waals surface area (Å²) < 4.78 is 39.0. The molecule has 0 atom stereocenters. The molecule has 0 aliphatic rings. The van der Waals surface area contributed by atoms with Crippen molar-refractivity contribution in [1.82, 2.24) is 9.36 Å². The van der Waals surface area contributed by atoms with Crippen LogP contribution in [0, 0.1) is 0 Å². The zero-order valence-electron chi connectivity index (χ0n) is 6.23. The Morgan fingerprint density at radius 3 is 2.62 bits per heavy atom. The standard InChI is InChI=1S/C5H5ClF3N3S/c6-1-2-10-4-11-3(12-13-4)5(7,8)9/h1-2H2,(H,10,11,12). The van der Waals surface area contributed by atoms with Gasteiger partial charge in [-0.1, -0.05) is 0 Å². The van der Waals surface area contributed by atoms with Gasteiger partial charge in [-0.25, -0.2) is 0 Å². The van der Waals surface area contributed by atoms with Crippen molar-refractivity contribution in [2.75, 3.05) is 17.7 Å². The molecule has 1 aromatic rings. The first-order valence-electron chi connectivity index (χ1n) is 3.25. The van der Waals surface area contributed by atoms with Gasteiger partial charge >= 0.3 is 6.18 Å². The predicted octanol–water partition coefficient (Wildman–Crippen LogP) is 2.21. The van der Waals surface area contributed by atoms with Crippen molar-refractivity contribution >= 4 is 28.3 Å². The molecule has 0 amide bonds. The average molecular weight is 232 g/mol. The molecule has 0 fully saturated rings. The maximum atomic E-state index is 12.0. The van der Waals surface area contributed by atoms with E-state index in [0.29, 0.717) is 24.0 Å². The van der Waals surface area contributed by atoms with Crippen LogP contribution in [0.4, 0.5) is 18.3 Å². The number of hydrogen-bond acceptors (Lipinski definition) is 4. The zero-order chi connectivity index (χ0) is 9.90. The largest absolute Gasteiger partial charge is 0.452 e. The van der Waals surface area contributed by atoms with Gasteiger partial charge in [0.1, 0.15) is 0 Å². The summed E-state index contributed by atoms with van der Waals surface area (Å²) in [5, 5.41) is 2.73. The number of rotatable bonds is 3. The van der Waals surface area contributed by atoms with Crippen molar-refractivity contribution in [1.29, 1.82) is 0 Å². The highest BCUT2D eigenvalue weighted by Gasteiger charge is 2.35. The van der Waals surface area contributed by atoms with E-state index < -0.39 is 12.0 Å². The molecule has 0 unspecified atom stereocenters. The normalized spacial score (nSPS) is 11.7. The molecule has 0 radical (unpaired) electrons. The van der Waals surface area contributed by atoms with Crippen molar-refractivity contribution in [3.8, 4) is 0 Å². The second-order valence-corrected chi connectivity index (χ2v) is 3.17. The molecule has 1 heterocycles. The molecule has 0 aromatic carbocycles. The Balaban J connectivity index is 2.64. The minimum absolute atomic E-state index is 0.132. The Kier molecular flexibility index (Phi) is 3.32. The molecule has 0 saturated heterocycles. The van der Waals surface area contributed by atoms with E-state index >= 15 is 0 Å². The Morgan fingerprint density at radius 1 is 1.46 bits per heavy atom. The summed E-state index contributed by atoms with van der Waals surface area (Å²) in [6.07, 6.45) is -4.47. The molecule has 0 aliphatic carbocycles. The van der Waals surface area contributed by atoms with Gasteiger partial charge in [0.2, 0.25) is 11.0 Å². The van der Waals surface area contributed by atoms with E-state index in [4.69, 9.17) is 11.6 Å². The molecular formula is C5H5ClF3N3S. The van der Waals surface area contributed by atoms with E-state index in [1.165, 1.54) is 0 Å². The average Bonchev–Trinajstić information content (AvgIpc) is 2.47. The van der Waals surface area contributed by atoms with Crippen LogP contribution in [0.1, 0.15) is 5.82 Å². The number of aromatic nitrogens is 2. The van der Waals surface area contributed by atoms with Crippen LogP contribution < -0.4 is 5.32 Å². The second-order valence-electron chi connectivity index (χ2n) is 2.04. The predicted molar refractivity (Wildman–Crippen MR) is 44.1 cm³/mol. The fourth-order valence-electron chi connectivity index (χ4n) is 0.565. The van der Waals surface area contributed by atoms with Crippen molar-refractivity contribution in [3.63, 3.8) is 0 Å². The lowest BCUT2D eigenvalue weighted by molar-refractivity contribution is -0.144. The van der Waals surface area contributed by atoms with Crippen molar-refractivity contribution < 1.29 is 13.2 Å². The molecule has 1 rings (SSSR count). The van der Waals surface area contributed by atoms with Gasteiger partial charge in [0.25, 0.3) is 0 Å². The van der Waals surface area contributed by atoms with Gasteiger partial charge in [0.15, 0.2) is 0 Å². The molecule has 1 N–H and O–H groups in total. The van der Waals surface area contributed by atoms with E-state index in [-0.39, 0.29) is 5.13 Å². The first-order valence-corrected chi connectivity index (χ1v) is 4.55. The maximum absolute atomic E-state index is 12.0. The highest BCUT2D eigenvalue weighted by molar-refractivity contribution is 7.09. The summed E-state index contributed by atoms with van der Waals surface area (Å²) in [6, 6.07) is 0. The summed E-state index contributed by atoms with van der Waals surface area (Å²) in [7, 11) is 0. The third-order valence-electron chi connectivity index (χ3n) is 1.05. The lowest BCUT2D eigenvalue weighted by atomic mass is 10.6. The minimum atomic E-state index is -4.47. The van der Waals surface area contributed by atoms with Crippen LogP contribution in [0.2, 0.25) is 0 Å². The van der Waals surface area contributed by atoms with Crippen LogP contribution in [0.25, 0.3) is 0 Å². The Bertz CT molecular complexity index is 274. The van der Waals surface area contributed by atoms with Gasteiger partial charge in [-0.3, -0.25) is 0 Å². The van der Waals surface area contributed by atoms with Gasteiger partial charge in [0, 0.05) is 24.0 Å². The van der Waals surface area contributed by atoms with Gasteiger partial charge < -0.3 is 5.32 Å². The lowest BCUT2D eigenvalue weighted by Gasteiger charge is -1.98. The van der Waals surface area contributed by atoms with Gasteiger partial charge in [-0.15, -0.1) is 11.6 Å². The molecule has 74 valence electrons. The Labute approximate surface area is 81.1 Å². The van der Waals surface area contributed by atoms with Crippen LogP contribution in [0.5, 0.6) is 0 Å². The topological polar surface area (TPSA) is 37.8 Å². The highest BCUT2D eigenvalue weighted by Crippen LogP contribution is 2.28. The molecule has 0 aliphatic heterocycles. The van der Waals surface area contributed by atoms with Gasteiger partial charge in [-0.2, -0.15) is 22.5 Å². The SMILES string of the molecule is FC(F)(F)c1nsc(NCCCl)n1. The van der Waals surface area contributed by atoms with Crippen molar-refractivity contribution in [3.05, 3.63) is 5.82 Å². The van der Waals surface area contributed by atoms with Gasteiger partial charge in [-0.05, 0) is 0 Å². The van der Waals surface area contributed by atoms with Crippen LogP contribution in [0.15, 0.2) is 0 Å². The van der Waals surface area contributed by atoms with Crippen molar-refractivity contribution in [2.24, 2.45) is 0 Å². The van der Waals surface area contributed by atoms with E-state index in [9.17, 15) is 13.2 Å². The monoisotopic (exact) mass is 231 g/mol. The number of hydrogen-bond donors (Lipinski definition) is 1. The van der Waals surface area contributed by atoms with Crippen LogP contribution in [0.3, 0.4) is 0 Å². The third-order valence-corrected chi connectivity index (χ3v) is 1.91. The number of halogens is 4. The first kappa shape index (κ1) is 10.5. The molecule has 13 heavy (non-hydrogen) atoms. The lowest BCUT2D eigenvalue weighted by Crippen LogP contribution is -2.08. The number of nitrogens with zero attached hydrogens (tertiary/aromatic N) is 2. The van der Waals surface area contributed by atoms with E-state index in [1.807, 2.05) is 0 Å². The number of alkyl halides is 4. The highest BCUT2D eigenvalue weighted by atomic mass is 35.5. The van der Waals surface area contributed by atoms with Crippen LogP contribution in [-0.2, 0) is 6.18 Å². The van der Waals surface area contributed by atoms with Crippen LogP contribution >= 0.6 is 23.1 Å². The summed E-state index contributed by atoms with van der Waals surface area (Å²) >= 11 is 5.99. The maximum Gasteiger partial charge on any atom is 0.452 e. The summed E-state index contributed by atoms with van der Waals surface area (Å²) in [6.45, 7) is 0.369. The molecular weight excluding hydrogens is 227 g/mol. The fourth-order valence-corrected chi connectivity index (χ4v) is 1.27. The number of nitrogens with one attached hydrogen (secondary N) is 1. The number of anilines is 1. The summed E-state index contributed by atoms with van der Waals surface area (Å²) in [5.41, 5.74) is 0. The minimum Gasteiger partial charge on any atom is -0.359 e. The van der Waals surface area contributed by atoms with E-state index in [1.54, 1.807) is 0 Å². The first-order chi connectivity index (χ1) is 6.04. The summed E-state index contributed by atoms with van der Waals surface area (Å²) in [4.78, 5) is 3.23. The second kappa shape index (κ2) is 4.10. The fraction of sp³-hybridized carbons (Fsp3) is 0.600. The summed E-state index contributed by atoms with van der Waals surface area (Å²) in [5.74, 6) is -0.810. The Morgan fingerprint density at radius 2 is 2.15 bits per heavy atom. The molecule has 0 spiro atoms. The van der Waals surface area contributed by atoms with Gasteiger partial charge in [0.05, 0.1) is 0 Å². The molecule has 0 saturated carbocycles. The van der Waals surface area contributed by atoms with E-state index in [2.05, 4.69) is 14.7 Å². The van der Waals surface area contributed by atoms with E-state index in [0.717, 1.165) is 0 Å². The molecule has 3 nitrogen and oxygen atoms in total. The van der Waals surface area contributed by atoms with Crippen molar-refractivity contribution in [2.45, 2.75) is 6.18 Å². The molecule has 8 heteroatoms. The molecule has 1 aromatic heterocycles. The van der Waals surface area contributed by atoms with Crippen LogP contribution in [-0.4, -0.2) is 21.8 Å². The smallest absolute Gasteiger partial charge is 0.359 e. The zero-order valence-corrected chi connectivity index (χ0v) is 7.80. The molecule has 0 bridgehead atoms. The Hall–Kier alpha value is -0.560.